The number of carbonyl (C=O) groups excluding carboxylic acids is 2. The lowest BCUT2D eigenvalue weighted by atomic mass is 10.1. The molecule has 0 saturated carbocycles. The molecule has 0 saturated heterocycles. The summed E-state index contributed by atoms with van der Waals surface area (Å²) in [7, 11) is 0. The molecule has 1 atom stereocenters. The predicted molar refractivity (Wildman–Crippen MR) is 72.1 cm³/mol. The Kier molecular flexibility index (Phi) is 4.45. The van der Waals surface area contributed by atoms with Crippen LogP contribution in [0.4, 0.5) is 0 Å². The SMILES string of the molecule is CC(C)CC(=O)NNC(=O)[C@@H]1COc2ccccc2O1. The van der Waals surface area contributed by atoms with Gasteiger partial charge in [-0.3, -0.25) is 20.4 Å². The minimum absolute atomic E-state index is 0.114. The zero-order valence-electron chi connectivity index (χ0n) is 11.5. The van der Waals surface area contributed by atoms with Crippen LogP contribution in [0.25, 0.3) is 0 Å². The minimum Gasteiger partial charge on any atom is -0.485 e. The first kappa shape index (κ1) is 14.2. The Labute approximate surface area is 117 Å². The quantitative estimate of drug-likeness (QED) is 0.809. The van der Waals surface area contributed by atoms with Crippen LogP contribution in [0.5, 0.6) is 11.5 Å². The second kappa shape index (κ2) is 6.27. The van der Waals surface area contributed by atoms with Crippen molar-refractivity contribution in [2.45, 2.75) is 26.4 Å². The third-order valence-electron chi connectivity index (χ3n) is 2.72. The number of fused-ring (bicyclic) bond motifs is 1. The predicted octanol–water partition coefficient (Wildman–Crippen LogP) is 1.02. The summed E-state index contributed by atoms with van der Waals surface area (Å²) in [6.07, 6.45) is -0.422. The largest absolute Gasteiger partial charge is 0.485 e. The number of benzene rings is 1. The van der Waals surface area contributed by atoms with Gasteiger partial charge in [0.1, 0.15) is 6.61 Å². The monoisotopic (exact) mass is 278 g/mol. The van der Waals surface area contributed by atoms with Crippen LogP contribution in [0, 0.1) is 5.92 Å². The first-order valence-corrected chi connectivity index (χ1v) is 6.53. The van der Waals surface area contributed by atoms with Crippen LogP contribution in [0.3, 0.4) is 0 Å². The van der Waals surface area contributed by atoms with Crippen molar-refractivity contribution in [1.82, 2.24) is 10.9 Å². The standard InChI is InChI=1S/C14H18N2O4/c1-9(2)7-13(17)15-16-14(18)12-8-19-10-5-3-4-6-11(10)20-12/h3-6,9,12H,7-8H2,1-2H3,(H,15,17)(H,16,18)/t12-/m0/s1. The molecule has 1 aliphatic heterocycles. The van der Waals surface area contributed by atoms with Gasteiger partial charge in [0, 0.05) is 6.42 Å². The molecule has 0 fully saturated rings. The van der Waals surface area contributed by atoms with Gasteiger partial charge >= 0.3 is 0 Å². The van der Waals surface area contributed by atoms with Gasteiger partial charge in [-0.25, -0.2) is 0 Å². The first-order chi connectivity index (χ1) is 9.56. The summed E-state index contributed by atoms with van der Waals surface area (Å²) in [6.45, 7) is 3.97. The number of hydrazine groups is 1. The number of rotatable bonds is 3. The molecule has 20 heavy (non-hydrogen) atoms. The van der Waals surface area contributed by atoms with Crippen molar-refractivity contribution in [3.63, 3.8) is 0 Å². The number of carbonyl (C=O) groups is 2. The molecule has 0 spiro atoms. The smallest absolute Gasteiger partial charge is 0.283 e. The second-order valence-corrected chi connectivity index (χ2v) is 5.00. The van der Waals surface area contributed by atoms with E-state index in [9.17, 15) is 9.59 Å². The molecule has 6 nitrogen and oxygen atoms in total. The average Bonchev–Trinajstić information content (AvgIpc) is 2.43. The lowest BCUT2D eigenvalue weighted by Gasteiger charge is -2.25. The number of ether oxygens (including phenoxy) is 2. The molecule has 0 unspecified atom stereocenters. The third kappa shape index (κ3) is 3.63. The van der Waals surface area contributed by atoms with Crippen molar-refractivity contribution in [2.75, 3.05) is 6.61 Å². The summed E-state index contributed by atoms with van der Waals surface area (Å²) in [5.74, 6) is 0.697. The number of hydrogen-bond donors (Lipinski definition) is 2. The molecular formula is C14H18N2O4. The van der Waals surface area contributed by atoms with E-state index >= 15 is 0 Å². The van der Waals surface area contributed by atoms with Crippen LogP contribution >= 0.6 is 0 Å². The van der Waals surface area contributed by atoms with Crippen LogP contribution in [0.1, 0.15) is 20.3 Å². The summed E-state index contributed by atoms with van der Waals surface area (Å²) < 4.78 is 10.9. The number of para-hydroxylation sites is 2. The van der Waals surface area contributed by atoms with E-state index in [0.29, 0.717) is 17.9 Å². The van der Waals surface area contributed by atoms with E-state index in [-0.39, 0.29) is 18.4 Å². The van der Waals surface area contributed by atoms with E-state index in [2.05, 4.69) is 10.9 Å². The van der Waals surface area contributed by atoms with Crippen LogP contribution in [-0.2, 0) is 9.59 Å². The summed E-state index contributed by atoms with van der Waals surface area (Å²) >= 11 is 0. The molecule has 6 heteroatoms. The van der Waals surface area contributed by atoms with Crippen molar-refractivity contribution in [3.05, 3.63) is 24.3 Å². The van der Waals surface area contributed by atoms with Crippen LogP contribution in [0.15, 0.2) is 24.3 Å². The van der Waals surface area contributed by atoms with Crippen LogP contribution in [-0.4, -0.2) is 24.5 Å². The molecule has 0 aliphatic carbocycles. The zero-order valence-corrected chi connectivity index (χ0v) is 11.5. The Hall–Kier alpha value is -2.24. The first-order valence-electron chi connectivity index (χ1n) is 6.53. The molecule has 1 aromatic rings. The highest BCUT2D eigenvalue weighted by Gasteiger charge is 2.27. The van der Waals surface area contributed by atoms with Gasteiger partial charge < -0.3 is 9.47 Å². The van der Waals surface area contributed by atoms with E-state index in [0.717, 1.165) is 0 Å². The van der Waals surface area contributed by atoms with E-state index < -0.39 is 12.0 Å². The molecule has 0 aromatic heterocycles. The minimum atomic E-state index is -0.774. The lowest BCUT2D eigenvalue weighted by molar-refractivity contribution is -0.135. The van der Waals surface area contributed by atoms with Gasteiger partial charge in [0.2, 0.25) is 12.0 Å². The highest BCUT2D eigenvalue weighted by atomic mass is 16.6. The second-order valence-electron chi connectivity index (χ2n) is 5.00. The van der Waals surface area contributed by atoms with Crippen LogP contribution in [0.2, 0.25) is 0 Å². The fourth-order valence-electron chi connectivity index (χ4n) is 1.78. The maximum atomic E-state index is 11.9. The molecule has 108 valence electrons. The fourth-order valence-corrected chi connectivity index (χ4v) is 1.78. The highest BCUT2D eigenvalue weighted by molar-refractivity contribution is 5.85. The van der Waals surface area contributed by atoms with Crippen LogP contribution < -0.4 is 20.3 Å². The van der Waals surface area contributed by atoms with Gasteiger partial charge in [0.25, 0.3) is 5.91 Å². The maximum Gasteiger partial charge on any atom is 0.283 e. The summed E-state index contributed by atoms with van der Waals surface area (Å²) in [5.41, 5.74) is 4.71. The van der Waals surface area contributed by atoms with Crippen molar-refractivity contribution in [1.29, 1.82) is 0 Å². The highest BCUT2D eigenvalue weighted by Crippen LogP contribution is 2.30. The van der Waals surface area contributed by atoms with E-state index in [1.54, 1.807) is 18.2 Å². The van der Waals surface area contributed by atoms with Gasteiger partial charge in [-0.2, -0.15) is 0 Å². The van der Waals surface area contributed by atoms with Gasteiger partial charge in [-0.1, -0.05) is 26.0 Å². The third-order valence-corrected chi connectivity index (χ3v) is 2.72. The van der Waals surface area contributed by atoms with Crippen molar-refractivity contribution < 1.29 is 19.1 Å². The zero-order chi connectivity index (χ0) is 14.5. The lowest BCUT2D eigenvalue weighted by Crippen LogP contribution is -2.51. The van der Waals surface area contributed by atoms with Crippen molar-refractivity contribution in [3.8, 4) is 11.5 Å². The Balaban J connectivity index is 1.84. The average molecular weight is 278 g/mol. The fraction of sp³-hybridized carbons (Fsp3) is 0.429. The van der Waals surface area contributed by atoms with E-state index in [4.69, 9.17) is 9.47 Å². The Morgan fingerprint density at radius 2 is 1.95 bits per heavy atom. The number of nitrogens with one attached hydrogen (secondary N) is 2. The molecule has 2 rings (SSSR count). The molecule has 1 aromatic carbocycles. The molecule has 2 amide bonds. The molecule has 2 N–H and O–H groups in total. The topological polar surface area (TPSA) is 76.7 Å². The Morgan fingerprint density at radius 1 is 1.25 bits per heavy atom. The number of amides is 2. The van der Waals surface area contributed by atoms with Crippen molar-refractivity contribution >= 4 is 11.8 Å². The summed E-state index contributed by atoms with van der Waals surface area (Å²) in [5, 5.41) is 0. The van der Waals surface area contributed by atoms with Crippen molar-refractivity contribution in [2.24, 2.45) is 5.92 Å². The maximum absolute atomic E-state index is 11.9. The summed E-state index contributed by atoms with van der Waals surface area (Å²) in [6, 6.07) is 7.13. The van der Waals surface area contributed by atoms with Gasteiger partial charge in [-0.05, 0) is 18.1 Å². The number of hydrogen-bond acceptors (Lipinski definition) is 4. The van der Waals surface area contributed by atoms with Gasteiger partial charge in [0.15, 0.2) is 11.5 Å². The molecule has 0 bridgehead atoms. The Bertz CT molecular complexity index is 502. The summed E-state index contributed by atoms with van der Waals surface area (Å²) in [4.78, 5) is 23.3. The van der Waals surface area contributed by atoms with Gasteiger partial charge in [0.05, 0.1) is 0 Å². The molecule has 1 heterocycles. The molecule has 0 radical (unpaired) electrons. The molecule has 1 aliphatic rings. The normalized spacial score (nSPS) is 16.6. The Morgan fingerprint density at radius 3 is 2.65 bits per heavy atom. The van der Waals surface area contributed by atoms with E-state index in [1.165, 1.54) is 0 Å². The van der Waals surface area contributed by atoms with Gasteiger partial charge in [-0.15, -0.1) is 0 Å². The van der Waals surface area contributed by atoms with E-state index in [1.807, 2.05) is 19.9 Å². The molecular weight excluding hydrogens is 260 g/mol.